The number of carbonyl (C=O) groups is 3. The SMILES string of the molecule is CC(=O)O[C@@H]1CC[C@@H]2C(=CC[C@@H]3[C@@]2(C)C(=O)C[C@]2(C)[C@@H]([C@]4(C)OC(C(C)C)=CC4=O)[C@H](O)C[C@@]32C)C1(C)C. The summed E-state index contributed by atoms with van der Waals surface area (Å²) in [6.07, 6.45) is 6.09. The van der Waals surface area contributed by atoms with Gasteiger partial charge in [-0.1, -0.05) is 60.1 Å². The Morgan fingerprint density at radius 3 is 2.32 bits per heavy atom. The molecule has 1 N–H and O–H groups in total. The van der Waals surface area contributed by atoms with Gasteiger partial charge in [-0.3, -0.25) is 14.4 Å². The minimum Gasteiger partial charge on any atom is -0.483 e. The first-order valence-corrected chi connectivity index (χ1v) is 14.5. The molecule has 9 atom stereocenters. The van der Waals surface area contributed by atoms with Gasteiger partial charge in [0.2, 0.25) is 5.78 Å². The highest BCUT2D eigenvalue weighted by Crippen LogP contribution is 2.74. The lowest BCUT2D eigenvalue weighted by atomic mass is 9.38. The summed E-state index contributed by atoms with van der Waals surface area (Å²) in [6, 6.07) is 0. The molecule has 0 spiro atoms. The van der Waals surface area contributed by atoms with Crippen LogP contribution in [0.3, 0.4) is 0 Å². The van der Waals surface area contributed by atoms with E-state index in [-0.39, 0.29) is 52.2 Å². The van der Waals surface area contributed by atoms with Crippen molar-refractivity contribution in [3.8, 4) is 0 Å². The number of aliphatic hydroxyl groups excluding tert-OH is 1. The van der Waals surface area contributed by atoms with Crippen molar-refractivity contribution in [1.29, 1.82) is 0 Å². The summed E-state index contributed by atoms with van der Waals surface area (Å²) in [5.74, 6) is 0.217. The zero-order chi connectivity index (χ0) is 28.2. The van der Waals surface area contributed by atoms with Crippen molar-refractivity contribution in [1.82, 2.24) is 0 Å². The number of allylic oxidation sites excluding steroid dienone is 2. The number of ether oxygens (including phenoxy) is 2. The molecule has 3 saturated carbocycles. The molecule has 4 aliphatic carbocycles. The van der Waals surface area contributed by atoms with E-state index in [1.54, 1.807) is 6.08 Å². The normalized spacial score (nSPS) is 47.5. The fourth-order valence-electron chi connectivity index (χ4n) is 9.96. The number of esters is 1. The van der Waals surface area contributed by atoms with E-state index < -0.39 is 28.5 Å². The molecular formula is C32H46O6. The van der Waals surface area contributed by atoms with Gasteiger partial charge in [0, 0.05) is 42.1 Å². The van der Waals surface area contributed by atoms with Gasteiger partial charge in [-0.05, 0) is 55.3 Å². The standard InChI is InChI=1S/C32H46O6/c1-17(2)22-14-24(35)32(9,38-22)27-21(34)15-29(6)23-12-10-19-20(31(23,8)25(36)16-30(27,29)7)11-13-26(28(19,4)5)37-18(3)33/h10,14,17,20-21,23,26-27,34H,11-13,15-16H2,1-9H3/t20-,21-,23+,26-,27+,29+,30-,31+,32-/m1/s1. The highest BCUT2D eigenvalue weighted by molar-refractivity contribution is 6.00. The van der Waals surface area contributed by atoms with Crippen LogP contribution in [-0.2, 0) is 23.9 Å². The van der Waals surface area contributed by atoms with Crippen molar-refractivity contribution in [2.24, 2.45) is 45.3 Å². The topological polar surface area (TPSA) is 89.9 Å². The van der Waals surface area contributed by atoms with Crippen molar-refractivity contribution in [3.05, 3.63) is 23.5 Å². The number of fused-ring (bicyclic) bond motifs is 5. The molecule has 6 nitrogen and oxygen atoms in total. The maximum absolute atomic E-state index is 14.5. The molecule has 0 aromatic carbocycles. The molecule has 0 unspecified atom stereocenters. The third-order valence-corrected chi connectivity index (χ3v) is 12.1. The Morgan fingerprint density at radius 1 is 1.08 bits per heavy atom. The molecule has 5 aliphatic rings. The summed E-state index contributed by atoms with van der Waals surface area (Å²) in [5, 5.41) is 11.7. The molecular weight excluding hydrogens is 480 g/mol. The predicted octanol–water partition coefficient (Wildman–Crippen LogP) is 5.57. The van der Waals surface area contributed by atoms with Crippen molar-refractivity contribution in [3.63, 3.8) is 0 Å². The fraction of sp³-hybridized carbons (Fsp3) is 0.781. The average molecular weight is 527 g/mol. The summed E-state index contributed by atoms with van der Waals surface area (Å²) in [7, 11) is 0. The van der Waals surface area contributed by atoms with Crippen LogP contribution in [0.2, 0.25) is 0 Å². The summed E-state index contributed by atoms with van der Waals surface area (Å²) >= 11 is 0. The maximum atomic E-state index is 14.5. The van der Waals surface area contributed by atoms with Crippen LogP contribution in [0.1, 0.15) is 94.4 Å². The van der Waals surface area contributed by atoms with E-state index in [2.05, 4.69) is 40.7 Å². The minimum absolute atomic E-state index is 0.0355. The van der Waals surface area contributed by atoms with Gasteiger partial charge in [-0.15, -0.1) is 0 Å². The lowest BCUT2D eigenvalue weighted by molar-refractivity contribution is -0.184. The molecule has 0 aromatic rings. The van der Waals surface area contributed by atoms with Crippen LogP contribution in [-0.4, -0.2) is 40.5 Å². The lowest BCUT2D eigenvalue weighted by Crippen LogP contribution is -2.64. The third-order valence-electron chi connectivity index (χ3n) is 12.1. The van der Waals surface area contributed by atoms with Crippen molar-refractivity contribution in [2.45, 2.75) is 112 Å². The van der Waals surface area contributed by atoms with Crippen molar-refractivity contribution in [2.75, 3.05) is 0 Å². The second-order valence-electron chi connectivity index (χ2n) is 14.6. The molecule has 0 radical (unpaired) electrons. The first-order chi connectivity index (χ1) is 17.4. The van der Waals surface area contributed by atoms with E-state index in [4.69, 9.17) is 9.47 Å². The van der Waals surface area contributed by atoms with E-state index in [1.165, 1.54) is 12.5 Å². The van der Waals surface area contributed by atoms with E-state index in [9.17, 15) is 19.5 Å². The minimum atomic E-state index is -1.18. The Hall–Kier alpha value is -1.95. The lowest BCUT2D eigenvalue weighted by Gasteiger charge is -2.64. The number of carbonyl (C=O) groups excluding carboxylic acids is 3. The van der Waals surface area contributed by atoms with Crippen LogP contribution < -0.4 is 0 Å². The van der Waals surface area contributed by atoms with Gasteiger partial charge in [0.1, 0.15) is 17.6 Å². The van der Waals surface area contributed by atoms with Gasteiger partial charge < -0.3 is 14.6 Å². The molecule has 0 saturated heterocycles. The van der Waals surface area contributed by atoms with Gasteiger partial charge in [-0.2, -0.15) is 0 Å². The summed E-state index contributed by atoms with van der Waals surface area (Å²) in [6.45, 7) is 18.1. The Morgan fingerprint density at radius 2 is 1.74 bits per heavy atom. The van der Waals surface area contributed by atoms with Gasteiger partial charge in [-0.25, -0.2) is 0 Å². The highest BCUT2D eigenvalue weighted by atomic mass is 16.5. The van der Waals surface area contributed by atoms with Gasteiger partial charge >= 0.3 is 5.97 Å². The molecule has 0 aromatic heterocycles. The van der Waals surface area contributed by atoms with Gasteiger partial charge in [0.25, 0.3) is 0 Å². The largest absolute Gasteiger partial charge is 0.483 e. The van der Waals surface area contributed by atoms with Crippen LogP contribution in [0.25, 0.3) is 0 Å². The molecule has 0 bridgehead atoms. The average Bonchev–Trinajstić information content (AvgIpc) is 3.20. The molecule has 3 fully saturated rings. The Kier molecular flexibility index (Phi) is 6.02. The molecule has 210 valence electrons. The fourth-order valence-corrected chi connectivity index (χ4v) is 9.96. The van der Waals surface area contributed by atoms with E-state index in [0.29, 0.717) is 18.6 Å². The van der Waals surface area contributed by atoms with Crippen molar-refractivity contribution >= 4 is 17.5 Å². The quantitative estimate of drug-likeness (QED) is 0.382. The number of ketones is 2. The van der Waals surface area contributed by atoms with Gasteiger partial charge in [0.05, 0.1) is 6.10 Å². The Bertz CT molecular complexity index is 1150. The van der Waals surface area contributed by atoms with Crippen LogP contribution in [0.4, 0.5) is 0 Å². The highest BCUT2D eigenvalue weighted by Gasteiger charge is 2.75. The molecule has 5 rings (SSSR count). The molecule has 1 aliphatic heterocycles. The summed E-state index contributed by atoms with van der Waals surface area (Å²) in [5.41, 5.74) is -1.82. The van der Waals surface area contributed by atoms with Crippen LogP contribution in [0.15, 0.2) is 23.5 Å². The number of hydrogen-bond donors (Lipinski definition) is 1. The number of Topliss-reactive ketones (excluding diaryl/α,β-unsaturated/α-hetero) is 1. The zero-order valence-corrected chi connectivity index (χ0v) is 24.6. The third kappa shape index (κ3) is 3.31. The molecule has 38 heavy (non-hydrogen) atoms. The second-order valence-corrected chi connectivity index (χ2v) is 14.6. The van der Waals surface area contributed by atoms with Crippen molar-refractivity contribution < 1.29 is 29.0 Å². The first-order valence-electron chi connectivity index (χ1n) is 14.5. The summed E-state index contributed by atoms with van der Waals surface area (Å²) in [4.78, 5) is 39.7. The molecule has 1 heterocycles. The molecule has 0 amide bonds. The predicted molar refractivity (Wildman–Crippen MR) is 144 cm³/mol. The van der Waals surface area contributed by atoms with E-state index in [1.807, 2.05) is 20.8 Å². The number of hydrogen-bond acceptors (Lipinski definition) is 6. The maximum Gasteiger partial charge on any atom is 0.302 e. The first kappa shape index (κ1) is 27.6. The zero-order valence-electron chi connectivity index (χ0n) is 24.6. The Balaban J connectivity index is 1.56. The number of aliphatic hydroxyl groups is 1. The Labute approximate surface area is 227 Å². The monoisotopic (exact) mass is 526 g/mol. The van der Waals surface area contributed by atoms with Gasteiger partial charge in [0.15, 0.2) is 5.60 Å². The smallest absolute Gasteiger partial charge is 0.302 e. The summed E-state index contributed by atoms with van der Waals surface area (Å²) < 4.78 is 12.1. The van der Waals surface area contributed by atoms with Crippen LogP contribution in [0.5, 0.6) is 0 Å². The van der Waals surface area contributed by atoms with Crippen LogP contribution in [0, 0.1) is 45.3 Å². The molecule has 6 heteroatoms. The van der Waals surface area contributed by atoms with E-state index in [0.717, 1.165) is 19.3 Å². The second kappa shape index (κ2) is 8.28. The van der Waals surface area contributed by atoms with E-state index >= 15 is 0 Å². The van der Waals surface area contributed by atoms with Crippen LogP contribution >= 0.6 is 0 Å². The number of rotatable bonds is 3.